The van der Waals surface area contributed by atoms with Crippen LogP contribution >= 0.6 is 43.2 Å². The molecule has 1 atom stereocenters. The molecule has 1 unspecified atom stereocenters. The molecule has 0 aliphatic carbocycles. The first-order valence-corrected chi connectivity index (χ1v) is 7.44. The summed E-state index contributed by atoms with van der Waals surface area (Å²) in [6.45, 7) is 0. The van der Waals surface area contributed by atoms with Gasteiger partial charge in [-0.1, -0.05) is 0 Å². The Morgan fingerprint density at radius 1 is 1.22 bits per heavy atom. The van der Waals surface area contributed by atoms with Crippen LogP contribution in [-0.4, -0.2) is 5.11 Å². The summed E-state index contributed by atoms with van der Waals surface area (Å²) in [6.07, 6.45) is -0.808. The van der Waals surface area contributed by atoms with E-state index in [4.69, 9.17) is 0 Å². The standard InChI is InChI=1S/C12H8Br2F2OS/c13-8-5-11(18-12(8)14)10(17)4-6-3-7(15)1-2-9(6)16/h1-3,5,10,17H,4H2. The molecule has 0 radical (unpaired) electrons. The second-order valence-electron chi connectivity index (χ2n) is 3.73. The molecule has 0 aliphatic rings. The highest BCUT2D eigenvalue weighted by Crippen LogP contribution is 2.36. The molecule has 1 heterocycles. The fourth-order valence-electron chi connectivity index (χ4n) is 1.54. The molecule has 1 aromatic heterocycles. The molecule has 0 fully saturated rings. The van der Waals surface area contributed by atoms with E-state index in [9.17, 15) is 13.9 Å². The third kappa shape index (κ3) is 3.17. The van der Waals surface area contributed by atoms with E-state index in [1.165, 1.54) is 11.3 Å². The molecule has 2 aromatic rings. The fourth-order valence-corrected chi connectivity index (χ4v) is 3.61. The van der Waals surface area contributed by atoms with Gasteiger partial charge in [-0.3, -0.25) is 0 Å². The van der Waals surface area contributed by atoms with Crippen molar-refractivity contribution in [3.8, 4) is 0 Å². The maximum Gasteiger partial charge on any atom is 0.126 e. The van der Waals surface area contributed by atoms with Gasteiger partial charge in [0.05, 0.1) is 9.89 Å². The molecule has 0 saturated heterocycles. The van der Waals surface area contributed by atoms with Crippen molar-refractivity contribution < 1.29 is 13.9 Å². The predicted octanol–water partition coefficient (Wildman–Crippen LogP) is 4.83. The summed E-state index contributed by atoms with van der Waals surface area (Å²) in [6, 6.07) is 4.99. The van der Waals surface area contributed by atoms with Crippen molar-refractivity contribution in [3.63, 3.8) is 0 Å². The van der Waals surface area contributed by atoms with Crippen LogP contribution in [0.25, 0.3) is 0 Å². The Bertz CT molecular complexity index is 552. The van der Waals surface area contributed by atoms with Crippen molar-refractivity contribution in [1.29, 1.82) is 0 Å². The summed E-state index contributed by atoms with van der Waals surface area (Å²) < 4.78 is 28.1. The average Bonchev–Trinajstić information content (AvgIpc) is 2.64. The van der Waals surface area contributed by atoms with Crippen molar-refractivity contribution in [3.05, 3.63) is 54.6 Å². The predicted molar refractivity (Wildman–Crippen MR) is 74.7 cm³/mol. The van der Waals surface area contributed by atoms with Gasteiger partial charge in [-0.15, -0.1) is 11.3 Å². The first-order valence-electron chi connectivity index (χ1n) is 5.04. The van der Waals surface area contributed by atoms with E-state index in [0.29, 0.717) is 4.88 Å². The van der Waals surface area contributed by atoms with Gasteiger partial charge in [-0.25, -0.2) is 8.78 Å². The summed E-state index contributed by atoms with van der Waals surface area (Å²) in [5.41, 5.74) is 0.170. The Balaban J connectivity index is 2.20. The number of rotatable bonds is 3. The van der Waals surface area contributed by atoms with Crippen molar-refractivity contribution in [2.24, 2.45) is 0 Å². The summed E-state index contributed by atoms with van der Waals surface area (Å²) in [5.74, 6) is -1.02. The molecule has 6 heteroatoms. The van der Waals surface area contributed by atoms with Gasteiger partial charge in [-0.05, 0) is 61.7 Å². The number of hydrogen-bond acceptors (Lipinski definition) is 2. The third-order valence-electron chi connectivity index (χ3n) is 2.41. The summed E-state index contributed by atoms with van der Waals surface area (Å²) in [5, 5.41) is 10.0. The number of benzene rings is 1. The maximum absolute atomic E-state index is 13.4. The first-order chi connectivity index (χ1) is 8.47. The van der Waals surface area contributed by atoms with Gasteiger partial charge in [0, 0.05) is 15.8 Å². The molecular formula is C12H8Br2F2OS. The Labute approximate surface area is 124 Å². The van der Waals surface area contributed by atoms with Gasteiger partial charge in [0.1, 0.15) is 11.6 Å². The fraction of sp³-hybridized carbons (Fsp3) is 0.167. The second kappa shape index (κ2) is 5.77. The van der Waals surface area contributed by atoms with E-state index in [1.54, 1.807) is 6.07 Å². The lowest BCUT2D eigenvalue weighted by molar-refractivity contribution is 0.181. The number of halogens is 4. The zero-order chi connectivity index (χ0) is 13.3. The minimum Gasteiger partial charge on any atom is -0.387 e. The molecule has 0 bridgehead atoms. The number of thiophene rings is 1. The maximum atomic E-state index is 13.4. The summed E-state index contributed by atoms with van der Waals surface area (Å²) in [4.78, 5) is 0.692. The molecular weight excluding hydrogens is 390 g/mol. The minimum absolute atomic E-state index is 0.0446. The lowest BCUT2D eigenvalue weighted by Gasteiger charge is -2.09. The van der Waals surface area contributed by atoms with Crippen LogP contribution in [-0.2, 0) is 6.42 Å². The van der Waals surface area contributed by atoms with Crippen LogP contribution in [0.4, 0.5) is 8.78 Å². The van der Waals surface area contributed by atoms with Gasteiger partial charge in [0.2, 0.25) is 0 Å². The van der Waals surface area contributed by atoms with Gasteiger partial charge in [0.25, 0.3) is 0 Å². The lowest BCUT2D eigenvalue weighted by atomic mass is 10.1. The van der Waals surface area contributed by atoms with Gasteiger partial charge in [0.15, 0.2) is 0 Å². The molecule has 0 saturated carbocycles. The SMILES string of the molecule is OC(Cc1cc(F)ccc1F)c1cc(Br)c(Br)s1. The molecule has 1 aromatic carbocycles. The molecule has 18 heavy (non-hydrogen) atoms. The highest BCUT2D eigenvalue weighted by atomic mass is 79.9. The molecule has 1 N–H and O–H groups in total. The largest absolute Gasteiger partial charge is 0.387 e. The van der Waals surface area contributed by atoms with E-state index in [-0.39, 0.29) is 12.0 Å². The molecule has 1 nitrogen and oxygen atoms in total. The van der Waals surface area contributed by atoms with E-state index in [0.717, 1.165) is 26.5 Å². The van der Waals surface area contributed by atoms with Crippen LogP contribution in [0.1, 0.15) is 16.5 Å². The summed E-state index contributed by atoms with van der Waals surface area (Å²) >= 11 is 7.99. The lowest BCUT2D eigenvalue weighted by Crippen LogP contribution is -2.02. The summed E-state index contributed by atoms with van der Waals surface area (Å²) in [7, 11) is 0. The Morgan fingerprint density at radius 2 is 1.94 bits per heavy atom. The zero-order valence-electron chi connectivity index (χ0n) is 8.96. The first kappa shape index (κ1) is 14.1. The van der Waals surface area contributed by atoms with Crippen LogP contribution in [0.15, 0.2) is 32.5 Å². The van der Waals surface area contributed by atoms with Gasteiger partial charge >= 0.3 is 0 Å². The highest BCUT2D eigenvalue weighted by molar-refractivity contribution is 9.13. The second-order valence-corrected chi connectivity index (χ2v) is 6.98. The van der Waals surface area contributed by atoms with Crippen LogP contribution in [0.2, 0.25) is 0 Å². The van der Waals surface area contributed by atoms with E-state index < -0.39 is 17.7 Å². The number of aliphatic hydroxyl groups excluding tert-OH is 1. The topological polar surface area (TPSA) is 20.2 Å². The molecule has 0 amide bonds. The highest BCUT2D eigenvalue weighted by Gasteiger charge is 2.16. The van der Waals surface area contributed by atoms with Crippen LogP contribution in [0, 0.1) is 11.6 Å². The Hall–Kier alpha value is -0.300. The molecule has 0 aliphatic heterocycles. The Morgan fingerprint density at radius 3 is 2.56 bits per heavy atom. The zero-order valence-corrected chi connectivity index (χ0v) is 12.9. The minimum atomic E-state index is -0.853. The molecule has 2 rings (SSSR count). The number of aliphatic hydroxyl groups is 1. The monoisotopic (exact) mass is 396 g/mol. The van der Waals surface area contributed by atoms with Crippen LogP contribution < -0.4 is 0 Å². The van der Waals surface area contributed by atoms with Crippen LogP contribution in [0.3, 0.4) is 0 Å². The quantitative estimate of drug-likeness (QED) is 0.786. The normalized spacial score (nSPS) is 12.7. The average molecular weight is 398 g/mol. The van der Waals surface area contributed by atoms with E-state index in [1.807, 2.05) is 0 Å². The van der Waals surface area contributed by atoms with Gasteiger partial charge in [-0.2, -0.15) is 0 Å². The van der Waals surface area contributed by atoms with Crippen molar-refractivity contribution in [2.45, 2.75) is 12.5 Å². The Kier molecular flexibility index (Phi) is 4.53. The molecule has 96 valence electrons. The van der Waals surface area contributed by atoms with E-state index in [2.05, 4.69) is 31.9 Å². The van der Waals surface area contributed by atoms with Crippen LogP contribution in [0.5, 0.6) is 0 Å². The van der Waals surface area contributed by atoms with Gasteiger partial charge < -0.3 is 5.11 Å². The van der Waals surface area contributed by atoms with Crippen molar-refractivity contribution in [2.75, 3.05) is 0 Å². The van der Waals surface area contributed by atoms with Crippen molar-refractivity contribution >= 4 is 43.2 Å². The third-order valence-corrected chi connectivity index (χ3v) is 5.77. The smallest absolute Gasteiger partial charge is 0.126 e. The van der Waals surface area contributed by atoms with Crippen molar-refractivity contribution in [1.82, 2.24) is 0 Å². The molecule has 0 spiro atoms. The van der Waals surface area contributed by atoms with E-state index >= 15 is 0 Å². The number of hydrogen-bond donors (Lipinski definition) is 1.